The molecule has 0 unspecified atom stereocenters. The Morgan fingerprint density at radius 2 is 1.79 bits per heavy atom. The zero-order valence-electron chi connectivity index (χ0n) is 15.0. The standard InChI is InChI=1S/C21H16N4O3/c1-13-11-18(14-5-2-3-7-16(14)24-13)25-19(26)12-28-21(27)15-6-4-8-17-20(15)23-10-9-22-17/h2-11H,12H2,1H3,(H,24,25,26). The fraction of sp³-hybridized carbons (Fsp3) is 0.0952. The molecule has 0 fully saturated rings. The number of para-hydroxylation sites is 2. The monoisotopic (exact) mass is 372 g/mol. The van der Waals surface area contributed by atoms with Crippen LogP contribution in [0.1, 0.15) is 16.1 Å². The average Bonchev–Trinajstić information content (AvgIpc) is 2.71. The van der Waals surface area contributed by atoms with Crippen molar-refractivity contribution in [2.24, 2.45) is 0 Å². The summed E-state index contributed by atoms with van der Waals surface area (Å²) in [5.41, 5.74) is 3.47. The summed E-state index contributed by atoms with van der Waals surface area (Å²) >= 11 is 0. The van der Waals surface area contributed by atoms with E-state index in [1.165, 1.54) is 6.20 Å². The topological polar surface area (TPSA) is 94.1 Å². The molecule has 2 aromatic heterocycles. The normalized spacial score (nSPS) is 10.8. The zero-order valence-corrected chi connectivity index (χ0v) is 15.0. The summed E-state index contributed by atoms with van der Waals surface area (Å²) in [7, 11) is 0. The van der Waals surface area contributed by atoms with Crippen LogP contribution in [-0.2, 0) is 9.53 Å². The van der Waals surface area contributed by atoms with E-state index in [4.69, 9.17) is 4.74 Å². The van der Waals surface area contributed by atoms with E-state index in [0.29, 0.717) is 16.7 Å². The summed E-state index contributed by atoms with van der Waals surface area (Å²) in [5, 5.41) is 3.60. The number of carbonyl (C=O) groups excluding carboxylic acids is 2. The zero-order chi connectivity index (χ0) is 19.5. The number of pyridine rings is 1. The Balaban J connectivity index is 1.48. The highest BCUT2D eigenvalue weighted by atomic mass is 16.5. The molecule has 2 aromatic carbocycles. The SMILES string of the molecule is Cc1cc(NC(=O)COC(=O)c2cccc3nccnc23)c2ccccc2n1. The van der Waals surface area contributed by atoms with Crippen LogP contribution < -0.4 is 5.32 Å². The number of hydrogen-bond donors (Lipinski definition) is 1. The van der Waals surface area contributed by atoms with Gasteiger partial charge in [0.15, 0.2) is 6.61 Å². The maximum Gasteiger partial charge on any atom is 0.340 e. The summed E-state index contributed by atoms with van der Waals surface area (Å²) in [6.07, 6.45) is 3.05. The fourth-order valence-corrected chi connectivity index (χ4v) is 2.96. The summed E-state index contributed by atoms with van der Waals surface area (Å²) in [6.45, 7) is 1.44. The van der Waals surface area contributed by atoms with Gasteiger partial charge >= 0.3 is 5.97 Å². The highest BCUT2D eigenvalue weighted by molar-refractivity contribution is 6.04. The Labute approximate surface area is 160 Å². The van der Waals surface area contributed by atoms with Crippen LogP contribution in [0.2, 0.25) is 0 Å². The molecule has 28 heavy (non-hydrogen) atoms. The second-order valence-electron chi connectivity index (χ2n) is 6.18. The molecule has 7 heteroatoms. The second-order valence-corrected chi connectivity index (χ2v) is 6.18. The van der Waals surface area contributed by atoms with Crippen molar-refractivity contribution in [1.29, 1.82) is 0 Å². The van der Waals surface area contributed by atoms with Crippen molar-refractivity contribution in [3.05, 3.63) is 72.2 Å². The minimum atomic E-state index is -0.628. The van der Waals surface area contributed by atoms with Gasteiger partial charge in [-0.05, 0) is 31.2 Å². The maximum absolute atomic E-state index is 12.4. The van der Waals surface area contributed by atoms with Gasteiger partial charge in [-0.3, -0.25) is 19.7 Å². The molecule has 7 nitrogen and oxygen atoms in total. The molecule has 0 aliphatic rings. The Morgan fingerprint density at radius 1 is 1.00 bits per heavy atom. The summed E-state index contributed by atoms with van der Waals surface area (Å²) in [6, 6.07) is 14.3. The van der Waals surface area contributed by atoms with Crippen molar-refractivity contribution in [1.82, 2.24) is 15.0 Å². The van der Waals surface area contributed by atoms with Gasteiger partial charge in [-0.15, -0.1) is 0 Å². The number of fused-ring (bicyclic) bond motifs is 2. The number of nitrogens with one attached hydrogen (secondary N) is 1. The van der Waals surface area contributed by atoms with Crippen molar-refractivity contribution in [2.75, 3.05) is 11.9 Å². The third-order valence-corrected chi connectivity index (χ3v) is 4.17. The van der Waals surface area contributed by atoms with Gasteiger partial charge in [0, 0.05) is 23.5 Å². The Morgan fingerprint density at radius 3 is 2.68 bits per heavy atom. The van der Waals surface area contributed by atoms with E-state index in [1.807, 2.05) is 31.2 Å². The molecule has 0 saturated carbocycles. The first-order valence-corrected chi connectivity index (χ1v) is 8.65. The number of carbonyl (C=O) groups is 2. The van der Waals surface area contributed by atoms with Gasteiger partial charge in [0.05, 0.1) is 22.3 Å². The highest BCUT2D eigenvalue weighted by Gasteiger charge is 2.15. The van der Waals surface area contributed by atoms with Crippen molar-refractivity contribution in [3.8, 4) is 0 Å². The predicted molar refractivity (Wildman–Crippen MR) is 105 cm³/mol. The van der Waals surface area contributed by atoms with Crippen LogP contribution in [0, 0.1) is 6.92 Å². The van der Waals surface area contributed by atoms with E-state index in [0.717, 1.165) is 16.6 Å². The van der Waals surface area contributed by atoms with Crippen LogP contribution in [0.15, 0.2) is 60.9 Å². The maximum atomic E-state index is 12.4. The Kier molecular flexibility index (Phi) is 4.63. The van der Waals surface area contributed by atoms with Gasteiger partial charge in [-0.25, -0.2) is 4.79 Å². The molecule has 0 spiro atoms. The van der Waals surface area contributed by atoms with Gasteiger partial charge in [0.2, 0.25) is 0 Å². The molecule has 138 valence electrons. The molecule has 0 atom stereocenters. The first-order valence-electron chi connectivity index (χ1n) is 8.65. The van der Waals surface area contributed by atoms with Gasteiger partial charge in [-0.1, -0.05) is 24.3 Å². The van der Waals surface area contributed by atoms with Crippen molar-refractivity contribution < 1.29 is 14.3 Å². The summed E-state index contributed by atoms with van der Waals surface area (Å²) in [5.74, 6) is -1.06. The van der Waals surface area contributed by atoms with Crippen molar-refractivity contribution in [2.45, 2.75) is 6.92 Å². The van der Waals surface area contributed by atoms with Gasteiger partial charge in [0.1, 0.15) is 5.52 Å². The number of aromatic nitrogens is 3. The van der Waals surface area contributed by atoms with Crippen molar-refractivity contribution >= 4 is 39.5 Å². The smallest absolute Gasteiger partial charge is 0.340 e. The van der Waals surface area contributed by atoms with E-state index in [2.05, 4.69) is 20.3 Å². The van der Waals surface area contributed by atoms with Crippen LogP contribution in [0.3, 0.4) is 0 Å². The fourth-order valence-electron chi connectivity index (χ4n) is 2.96. The van der Waals surface area contributed by atoms with Crippen LogP contribution in [0.25, 0.3) is 21.9 Å². The van der Waals surface area contributed by atoms with Gasteiger partial charge < -0.3 is 10.1 Å². The number of amides is 1. The van der Waals surface area contributed by atoms with E-state index >= 15 is 0 Å². The Hall–Kier alpha value is -3.87. The predicted octanol–water partition coefficient (Wildman–Crippen LogP) is 3.28. The van der Waals surface area contributed by atoms with E-state index in [1.54, 1.807) is 30.5 Å². The number of aryl methyl sites for hydroxylation is 1. The average molecular weight is 372 g/mol. The lowest BCUT2D eigenvalue weighted by atomic mass is 10.1. The van der Waals surface area contributed by atoms with Crippen LogP contribution in [0.5, 0.6) is 0 Å². The van der Waals surface area contributed by atoms with Gasteiger partial charge in [0.25, 0.3) is 5.91 Å². The molecule has 0 saturated heterocycles. The molecule has 4 aromatic rings. The minimum Gasteiger partial charge on any atom is -0.452 e. The molecule has 0 radical (unpaired) electrons. The van der Waals surface area contributed by atoms with Crippen molar-refractivity contribution in [3.63, 3.8) is 0 Å². The number of benzene rings is 2. The second kappa shape index (κ2) is 7.40. The van der Waals surface area contributed by atoms with Gasteiger partial charge in [-0.2, -0.15) is 0 Å². The molecule has 0 aliphatic heterocycles. The molecule has 0 aliphatic carbocycles. The number of ether oxygens (including phenoxy) is 1. The quantitative estimate of drug-likeness (QED) is 0.553. The molecule has 2 heterocycles. The largest absolute Gasteiger partial charge is 0.452 e. The summed E-state index contributed by atoms with van der Waals surface area (Å²) in [4.78, 5) is 37.5. The lowest BCUT2D eigenvalue weighted by Gasteiger charge is -2.10. The lowest BCUT2D eigenvalue weighted by molar-refractivity contribution is -0.119. The van der Waals surface area contributed by atoms with Crippen LogP contribution in [-0.4, -0.2) is 33.4 Å². The minimum absolute atomic E-state index is 0.267. The molecule has 1 N–H and O–H groups in total. The van der Waals surface area contributed by atoms with Crippen LogP contribution >= 0.6 is 0 Å². The highest BCUT2D eigenvalue weighted by Crippen LogP contribution is 2.23. The first kappa shape index (κ1) is 17.5. The number of esters is 1. The van der Waals surface area contributed by atoms with E-state index < -0.39 is 18.5 Å². The lowest BCUT2D eigenvalue weighted by Crippen LogP contribution is -2.21. The number of nitrogens with zero attached hydrogens (tertiary/aromatic N) is 3. The Bertz CT molecular complexity index is 1200. The molecular formula is C21H16N4O3. The molecule has 4 rings (SSSR count). The molecular weight excluding hydrogens is 356 g/mol. The van der Waals surface area contributed by atoms with E-state index in [9.17, 15) is 9.59 Å². The number of anilines is 1. The first-order chi connectivity index (χ1) is 13.6. The molecule has 0 bridgehead atoms. The molecule has 1 amide bonds. The third-order valence-electron chi connectivity index (χ3n) is 4.17. The summed E-state index contributed by atoms with van der Waals surface area (Å²) < 4.78 is 5.18. The third kappa shape index (κ3) is 3.50. The number of rotatable bonds is 4. The number of hydrogen-bond acceptors (Lipinski definition) is 6. The van der Waals surface area contributed by atoms with E-state index in [-0.39, 0.29) is 5.56 Å². The van der Waals surface area contributed by atoms with Crippen LogP contribution in [0.4, 0.5) is 5.69 Å².